The van der Waals surface area contributed by atoms with Gasteiger partial charge in [0.05, 0.1) is 10.4 Å². The van der Waals surface area contributed by atoms with Gasteiger partial charge in [0.1, 0.15) is 0 Å². The lowest BCUT2D eigenvalue weighted by Crippen LogP contribution is -2.15. The summed E-state index contributed by atoms with van der Waals surface area (Å²) in [6, 6.07) is 11.8. The predicted molar refractivity (Wildman–Crippen MR) is 80.7 cm³/mol. The Balaban J connectivity index is 2.30. The van der Waals surface area contributed by atoms with Crippen molar-refractivity contribution >= 4 is 38.5 Å². The average Bonchev–Trinajstić information content (AvgIpc) is 2.88. The quantitative estimate of drug-likeness (QED) is 0.794. The van der Waals surface area contributed by atoms with Crippen molar-refractivity contribution in [2.75, 3.05) is 0 Å². The number of para-hydroxylation sites is 1. The molecule has 0 aliphatic rings. The summed E-state index contributed by atoms with van der Waals surface area (Å²) < 4.78 is 26.1. The fraction of sp³-hybridized carbons (Fsp3) is 0. The maximum absolute atomic E-state index is 12.7. The second kappa shape index (κ2) is 5.11. The molecule has 0 aliphatic carbocycles. The third-order valence-corrected chi connectivity index (χ3v) is 4.95. The molecule has 2 aromatic carbocycles. The Labute approximate surface area is 130 Å². The van der Waals surface area contributed by atoms with Gasteiger partial charge in [-0.05, 0) is 30.3 Å². The number of hydrogen-bond donors (Lipinski definition) is 1. The molecule has 8 heteroatoms. The molecule has 0 bridgehead atoms. The third-order valence-electron chi connectivity index (χ3n) is 3.10. The number of aromatic carboxylic acids is 1. The van der Waals surface area contributed by atoms with Crippen molar-refractivity contribution in [1.29, 1.82) is 0 Å². The molecule has 0 unspecified atom stereocenters. The highest BCUT2D eigenvalue weighted by Gasteiger charge is 2.25. The smallest absolute Gasteiger partial charge is 0.357 e. The first-order chi connectivity index (χ1) is 10.4. The summed E-state index contributed by atoms with van der Waals surface area (Å²) in [4.78, 5) is 11.2. The molecule has 1 aromatic heterocycles. The van der Waals surface area contributed by atoms with E-state index in [-0.39, 0.29) is 21.5 Å². The SMILES string of the molecule is O=C(O)c1nn(S(=O)(=O)c2ccc(Cl)cc2)c2ccccc12. The van der Waals surface area contributed by atoms with E-state index in [4.69, 9.17) is 11.6 Å². The van der Waals surface area contributed by atoms with Crippen molar-refractivity contribution in [1.82, 2.24) is 9.19 Å². The molecular weight excluding hydrogens is 328 g/mol. The Morgan fingerprint density at radius 3 is 2.36 bits per heavy atom. The van der Waals surface area contributed by atoms with Crippen LogP contribution in [0.15, 0.2) is 53.4 Å². The molecule has 22 heavy (non-hydrogen) atoms. The zero-order chi connectivity index (χ0) is 15.9. The molecule has 1 N–H and O–H groups in total. The van der Waals surface area contributed by atoms with Gasteiger partial charge in [-0.1, -0.05) is 29.8 Å². The molecule has 112 valence electrons. The standard InChI is InChI=1S/C14H9ClN2O4S/c15-9-5-7-10(8-6-9)22(20,21)17-12-4-2-1-3-11(12)13(16-17)14(18)19/h1-8H,(H,18,19). The minimum absolute atomic E-state index is 0.0258. The van der Waals surface area contributed by atoms with Gasteiger partial charge < -0.3 is 5.11 Å². The fourth-order valence-electron chi connectivity index (χ4n) is 2.09. The van der Waals surface area contributed by atoms with E-state index in [9.17, 15) is 18.3 Å². The highest BCUT2D eigenvalue weighted by atomic mass is 35.5. The molecule has 0 saturated heterocycles. The highest BCUT2D eigenvalue weighted by molar-refractivity contribution is 7.90. The Bertz CT molecular complexity index is 978. The number of aromatic nitrogens is 2. The van der Waals surface area contributed by atoms with Gasteiger partial charge in [0.2, 0.25) is 0 Å². The zero-order valence-corrected chi connectivity index (χ0v) is 12.5. The van der Waals surface area contributed by atoms with Gasteiger partial charge in [-0.25, -0.2) is 4.79 Å². The molecule has 0 amide bonds. The Morgan fingerprint density at radius 1 is 1.09 bits per heavy atom. The van der Waals surface area contributed by atoms with Crippen LogP contribution in [-0.2, 0) is 10.0 Å². The van der Waals surface area contributed by atoms with Crippen LogP contribution in [0.1, 0.15) is 10.5 Å². The number of carboxylic acid groups (broad SMARTS) is 1. The minimum Gasteiger partial charge on any atom is -0.476 e. The summed E-state index contributed by atoms with van der Waals surface area (Å²) in [5.74, 6) is -1.29. The first-order valence-electron chi connectivity index (χ1n) is 6.13. The van der Waals surface area contributed by atoms with Crippen LogP contribution in [0.25, 0.3) is 10.9 Å². The summed E-state index contributed by atoms with van der Waals surface area (Å²) in [5.41, 5.74) is -0.108. The summed E-state index contributed by atoms with van der Waals surface area (Å²) >= 11 is 5.75. The Morgan fingerprint density at radius 2 is 1.73 bits per heavy atom. The monoisotopic (exact) mass is 336 g/mol. The normalized spacial score (nSPS) is 11.7. The van der Waals surface area contributed by atoms with Crippen LogP contribution in [-0.4, -0.2) is 28.7 Å². The van der Waals surface area contributed by atoms with Gasteiger partial charge in [0.15, 0.2) is 5.69 Å². The van der Waals surface area contributed by atoms with Gasteiger partial charge in [0, 0.05) is 10.4 Å². The molecule has 1 heterocycles. The molecule has 0 saturated carbocycles. The Kier molecular flexibility index (Phi) is 3.38. The van der Waals surface area contributed by atoms with Crippen molar-refractivity contribution in [3.05, 3.63) is 59.2 Å². The van der Waals surface area contributed by atoms with Crippen LogP contribution < -0.4 is 0 Å². The van der Waals surface area contributed by atoms with Crippen LogP contribution in [0.3, 0.4) is 0 Å². The van der Waals surface area contributed by atoms with Gasteiger partial charge >= 0.3 is 5.97 Å². The molecule has 0 atom stereocenters. The molecule has 3 rings (SSSR count). The lowest BCUT2D eigenvalue weighted by atomic mass is 10.2. The van der Waals surface area contributed by atoms with Crippen molar-refractivity contribution in [2.45, 2.75) is 4.90 Å². The fourth-order valence-corrected chi connectivity index (χ4v) is 3.50. The predicted octanol–water partition coefficient (Wildman–Crippen LogP) is 2.62. The molecule has 0 spiro atoms. The molecule has 0 radical (unpaired) electrons. The maximum atomic E-state index is 12.7. The van der Waals surface area contributed by atoms with Crippen molar-refractivity contribution in [3.63, 3.8) is 0 Å². The van der Waals surface area contributed by atoms with Crippen LogP contribution in [0, 0.1) is 0 Å². The van der Waals surface area contributed by atoms with E-state index in [1.165, 1.54) is 36.4 Å². The van der Waals surface area contributed by atoms with E-state index in [1.807, 2.05) is 0 Å². The number of rotatable bonds is 3. The zero-order valence-electron chi connectivity index (χ0n) is 11.0. The number of carbonyl (C=O) groups is 1. The maximum Gasteiger partial charge on any atom is 0.357 e. The van der Waals surface area contributed by atoms with E-state index < -0.39 is 16.0 Å². The van der Waals surface area contributed by atoms with Gasteiger partial charge in [-0.2, -0.15) is 12.5 Å². The van der Waals surface area contributed by atoms with E-state index in [0.29, 0.717) is 5.02 Å². The van der Waals surface area contributed by atoms with Crippen LogP contribution in [0.4, 0.5) is 0 Å². The molecule has 6 nitrogen and oxygen atoms in total. The van der Waals surface area contributed by atoms with E-state index in [0.717, 1.165) is 4.09 Å². The van der Waals surface area contributed by atoms with E-state index in [2.05, 4.69) is 5.10 Å². The second-order valence-electron chi connectivity index (χ2n) is 4.47. The molecule has 3 aromatic rings. The number of carboxylic acids is 1. The number of hydrogen-bond acceptors (Lipinski definition) is 4. The van der Waals surface area contributed by atoms with Gasteiger partial charge in [0.25, 0.3) is 10.0 Å². The average molecular weight is 337 g/mol. The van der Waals surface area contributed by atoms with Crippen molar-refractivity contribution in [3.8, 4) is 0 Å². The first kappa shape index (κ1) is 14.6. The molecule has 0 fully saturated rings. The lowest BCUT2D eigenvalue weighted by molar-refractivity contribution is 0.0692. The first-order valence-corrected chi connectivity index (χ1v) is 7.95. The van der Waals surface area contributed by atoms with Crippen molar-refractivity contribution < 1.29 is 18.3 Å². The summed E-state index contributed by atoms with van der Waals surface area (Å²) in [6.45, 7) is 0. The van der Waals surface area contributed by atoms with Crippen molar-refractivity contribution in [2.24, 2.45) is 0 Å². The van der Waals surface area contributed by atoms with E-state index >= 15 is 0 Å². The summed E-state index contributed by atoms with van der Waals surface area (Å²) in [7, 11) is -4.01. The topological polar surface area (TPSA) is 89.3 Å². The summed E-state index contributed by atoms with van der Waals surface area (Å²) in [5, 5.41) is 13.6. The molecule has 0 aliphatic heterocycles. The number of fused-ring (bicyclic) bond motifs is 1. The van der Waals surface area contributed by atoms with E-state index in [1.54, 1.807) is 12.1 Å². The number of nitrogens with zero attached hydrogens (tertiary/aromatic N) is 2. The Hall–Kier alpha value is -2.38. The van der Waals surface area contributed by atoms with Gasteiger partial charge in [-0.3, -0.25) is 0 Å². The lowest BCUT2D eigenvalue weighted by Gasteiger charge is -2.05. The van der Waals surface area contributed by atoms with Gasteiger partial charge in [-0.15, -0.1) is 5.10 Å². The van der Waals surface area contributed by atoms with Crippen LogP contribution in [0.5, 0.6) is 0 Å². The minimum atomic E-state index is -4.01. The summed E-state index contributed by atoms with van der Waals surface area (Å²) in [6.07, 6.45) is 0. The van der Waals surface area contributed by atoms with Crippen LogP contribution in [0.2, 0.25) is 5.02 Å². The highest BCUT2D eigenvalue weighted by Crippen LogP contribution is 2.24. The second-order valence-corrected chi connectivity index (χ2v) is 6.68. The number of benzene rings is 2. The van der Waals surface area contributed by atoms with Crippen LogP contribution >= 0.6 is 11.6 Å². The largest absolute Gasteiger partial charge is 0.476 e. The third kappa shape index (κ3) is 2.24. The molecular formula is C14H9ClN2O4S. The number of halogens is 1.